The largest absolute Gasteiger partial charge is 0.508 e. The van der Waals surface area contributed by atoms with Gasteiger partial charge in [0.1, 0.15) is 11.5 Å². The number of rotatable bonds is 3. The van der Waals surface area contributed by atoms with E-state index in [1.807, 2.05) is 39.8 Å². The Morgan fingerprint density at radius 1 is 0.552 bits per heavy atom. The summed E-state index contributed by atoms with van der Waals surface area (Å²) in [6.07, 6.45) is 0. The molecule has 0 amide bonds. The number of hydrogen-bond donors (Lipinski definition) is 2. The SMILES string of the molecule is Cc1cc(C(c2ccc3ccccc3c2)c2cc(C)c(O)cc2C)c(C)cc1O. The molecule has 0 bridgehead atoms. The normalized spacial score (nSPS) is 11.3. The first-order chi connectivity index (χ1) is 13.8. The molecule has 0 heterocycles. The van der Waals surface area contributed by atoms with E-state index in [1.54, 1.807) is 0 Å². The van der Waals surface area contributed by atoms with E-state index in [-0.39, 0.29) is 5.92 Å². The molecular formula is C27H26O2. The third-order valence-corrected chi connectivity index (χ3v) is 5.90. The summed E-state index contributed by atoms with van der Waals surface area (Å²) in [7, 11) is 0. The first-order valence-corrected chi connectivity index (χ1v) is 9.94. The molecule has 0 spiro atoms. The van der Waals surface area contributed by atoms with E-state index in [9.17, 15) is 10.2 Å². The average Bonchev–Trinajstić information content (AvgIpc) is 2.69. The molecule has 2 nitrogen and oxygen atoms in total. The monoisotopic (exact) mass is 382 g/mol. The fourth-order valence-corrected chi connectivity index (χ4v) is 4.18. The van der Waals surface area contributed by atoms with Crippen LogP contribution in [0.2, 0.25) is 0 Å². The van der Waals surface area contributed by atoms with Crippen molar-refractivity contribution in [2.24, 2.45) is 0 Å². The van der Waals surface area contributed by atoms with Gasteiger partial charge in [-0.25, -0.2) is 0 Å². The highest BCUT2D eigenvalue weighted by molar-refractivity contribution is 5.83. The fraction of sp³-hybridized carbons (Fsp3) is 0.185. The van der Waals surface area contributed by atoms with Crippen molar-refractivity contribution in [2.45, 2.75) is 33.6 Å². The average molecular weight is 383 g/mol. The van der Waals surface area contributed by atoms with Gasteiger partial charge in [0, 0.05) is 5.92 Å². The van der Waals surface area contributed by atoms with Gasteiger partial charge in [-0.1, -0.05) is 54.6 Å². The second-order valence-electron chi connectivity index (χ2n) is 8.03. The number of aromatic hydroxyl groups is 2. The first-order valence-electron chi connectivity index (χ1n) is 9.94. The quantitative estimate of drug-likeness (QED) is 0.389. The molecule has 0 radical (unpaired) electrons. The second-order valence-corrected chi connectivity index (χ2v) is 8.03. The van der Waals surface area contributed by atoms with E-state index in [0.29, 0.717) is 11.5 Å². The summed E-state index contributed by atoms with van der Waals surface area (Å²) in [6, 6.07) is 22.9. The molecule has 146 valence electrons. The summed E-state index contributed by atoms with van der Waals surface area (Å²) in [4.78, 5) is 0. The molecule has 2 heteroatoms. The molecule has 0 saturated carbocycles. The molecule has 0 atom stereocenters. The van der Waals surface area contributed by atoms with Crippen molar-refractivity contribution >= 4 is 10.8 Å². The van der Waals surface area contributed by atoms with Crippen LogP contribution in [0.3, 0.4) is 0 Å². The zero-order valence-electron chi connectivity index (χ0n) is 17.3. The maximum absolute atomic E-state index is 10.2. The van der Waals surface area contributed by atoms with Gasteiger partial charge < -0.3 is 10.2 Å². The Labute approximate surface area is 172 Å². The lowest BCUT2D eigenvalue weighted by atomic mass is 9.79. The van der Waals surface area contributed by atoms with Crippen LogP contribution < -0.4 is 0 Å². The Kier molecular flexibility index (Phi) is 4.79. The molecule has 0 saturated heterocycles. The number of benzene rings is 4. The van der Waals surface area contributed by atoms with Gasteiger partial charge in [0.05, 0.1) is 0 Å². The molecule has 0 aliphatic rings. The first kappa shape index (κ1) is 19.1. The van der Waals surface area contributed by atoms with Gasteiger partial charge >= 0.3 is 0 Å². The van der Waals surface area contributed by atoms with Crippen LogP contribution in [0.25, 0.3) is 10.8 Å². The van der Waals surface area contributed by atoms with Crippen molar-refractivity contribution in [2.75, 3.05) is 0 Å². The summed E-state index contributed by atoms with van der Waals surface area (Å²) in [6.45, 7) is 7.96. The molecule has 0 unspecified atom stereocenters. The second kappa shape index (κ2) is 7.29. The van der Waals surface area contributed by atoms with Crippen molar-refractivity contribution in [3.8, 4) is 11.5 Å². The molecule has 4 aromatic carbocycles. The minimum atomic E-state index is 0.0122. The highest BCUT2D eigenvalue weighted by Gasteiger charge is 2.22. The number of phenols is 2. The Morgan fingerprint density at radius 2 is 1.07 bits per heavy atom. The predicted octanol–water partition coefficient (Wildman–Crippen LogP) is 6.66. The topological polar surface area (TPSA) is 40.5 Å². The van der Waals surface area contributed by atoms with Gasteiger partial charge in [-0.05, 0) is 89.5 Å². The molecule has 4 rings (SSSR count). The van der Waals surface area contributed by atoms with Crippen LogP contribution in [0.5, 0.6) is 11.5 Å². The molecule has 0 fully saturated rings. The molecule has 0 aliphatic heterocycles. The van der Waals surface area contributed by atoms with Crippen molar-refractivity contribution < 1.29 is 10.2 Å². The van der Waals surface area contributed by atoms with Crippen LogP contribution in [-0.4, -0.2) is 10.2 Å². The Balaban J connectivity index is 2.01. The summed E-state index contributed by atoms with van der Waals surface area (Å²) in [5, 5.41) is 22.8. The van der Waals surface area contributed by atoms with Crippen LogP contribution in [-0.2, 0) is 0 Å². The fourth-order valence-electron chi connectivity index (χ4n) is 4.18. The van der Waals surface area contributed by atoms with Gasteiger partial charge in [-0.3, -0.25) is 0 Å². The van der Waals surface area contributed by atoms with Crippen molar-refractivity contribution in [1.29, 1.82) is 0 Å². The lowest BCUT2D eigenvalue weighted by Crippen LogP contribution is -2.08. The molecular weight excluding hydrogens is 356 g/mol. The Morgan fingerprint density at radius 3 is 1.62 bits per heavy atom. The minimum Gasteiger partial charge on any atom is -0.508 e. The molecule has 0 aliphatic carbocycles. The van der Waals surface area contributed by atoms with E-state index in [1.165, 1.54) is 27.5 Å². The number of fused-ring (bicyclic) bond motifs is 1. The highest BCUT2D eigenvalue weighted by Crippen LogP contribution is 2.40. The van der Waals surface area contributed by atoms with E-state index in [4.69, 9.17) is 0 Å². The third-order valence-electron chi connectivity index (χ3n) is 5.90. The van der Waals surface area contributed by atoms with E-state index < -0.39 is 0 Å². The minimum absolute atomic E-state index is 0.0122. The van der Waals surface area contributed by atoms with Gasteiger partial charge in [0.15, 0.2) is 0 Å². The van der Waals surface area contributed by atoms with E-state index >= 15 is 0 Å². The summed E-state index contributed by atoms with van der Waals surface area (Å²) in [5.74, 6) is 0.655. The van der Waals surface area contributed by atoms with Gasteiger partial charge in [0.25, 0.3) is 0 Å². The molecule has 4 aromatic rings. The van der Waals surface area contributed by atoms with E-state index in [0.717, 1.165) is 22.3 Å². The standard InChI is InChI=1S/C27H26O2/c1-16-13-25(28)18(3)11-23(16)27(24-12-19(4)26(29)14-17(24)2)22-10-9-20-7-5-6-8-21(20)15-22/h5-15,27-29H,1-4H3. The molecule has 29 heavy (non-hydrogen) atoms. The van der Waals surface area contributed by atoms with Gasteiger partial charge in [0.2, 0.25) is 0 Å². The number of phenolic OH excluding ortho intramolecular Hbond substituents is 2. The predicted molar refractivity (Wildman–Crippen MR) is 120 cm³/mol. The lowest BCUT2D eigenvalue weighted by Gasteiger charge is -2.24. The molecule has 0 aromatic heterocycles. The Hall–Kier alpha value is -3.26. The van der Waals surface area contributed by atoms with Gasteiger partial charge in [-0.2, -0.15) is 0 Å². The van der Waals surface area contributed by atoms with Crippen molar-refractivity contribution in [3.63, 3.8) is 0 Å². The van der Waals surface area contributed by atoms with E-state index in [2.05, 4.69) is 54.6 Å². The Bertz CT molecular complexity index is 1160. The maximum Gasteiger partial charge on any atom is 0.118 e. The van der Waals surface area contributed by atoms with Crippen LogP contribution in [0.1, 0.15) is 44.9 Å². The maximum atomic E-state index is 10.2. The zero-order valence-corrected chi connectivity index (χ0v) is 17.3. The van der Waals surface area contributed by atoms with Crippen molar-refractivity contribution in [3.05, 3.63) is 106 Å². The summed E-state index contributed by atoms with van der Waals surface area (Å²) < 4.78 is 0. The van der Waals surface area contributed by atoms with Crippen LogP contribution in [0.15, 0.2) is 66.7 Å². The summed E-state index contributed by atoms with van der Waals surface area (Å²) in [5.41, 5.74) is 7.37. The van der Waals surface area contributed by atoms with Crippen LogP contribution in [0, 0.1) is 27.7 Å². The lowest BCUT2D eigenvalue weighted by molar-refractivity contribution is 0.470. The zero-order chi connectivity index (χ0) is 20.7. The number of hydrogen-bond acceptors (Lipinski definition) is 2. The van der Waals surface area contributed by atoms with Crippen LogP contribution >= 0.6 is 0 Å². The summed E-state index contributed by atoms with van der Waals surface area (Å²) >= 11 is 0. The van der Waals surface area contributed by atoms with Gasteiger partial charge in [-0.15, -0.1) is 0 Å². The number of aryl methyl sites for hydroxylation is 4. The van der Waals surface area contributed by atoms with Crippen LogP contribution in [0.4, 0.5) is 0 Å². The smallest absolute Gasteiger partial charge is 0.118 e. The highest BCUT2D eigenvalue weighted by atomic mass is 16.3. The van der Waals surface area contributed by atoms with Crippen molar-refractivity contribution in [1.82, 2.24) is 0 Å². The third kappa shape index (κ3) is 3.47. The molecule has 2 N–H and O–H groups in total.